The number of aliphatic hydroxyl groups excluding tert-OH is 1. The predicted molar refractivity (Wildman–Crippen MR) is 92.4 cm³/mol. The van der Waals surface area contributed by atoms with Crippen molar-refractivity contribution in [2.45, 2.75) is 70.6 Å². The van der Waals surface area contributed by atoms with Crippen LogP contribution in [0.2, 0.25) is 0 Å². The second-order valence-corrected chi connectivity index (χ2v) is 10.3. The van der Waals surface area contributed by atoms with Crippen molar-refractivity contribution in [3.63, 3.8) is 0 Å². The smallest absolute Gasteiger partial charge is 0.306 e. The molecule has 3 saturated carbocycles. The molecule has 0 amide bonds. The lowest BCUT2D eigenvalue weighted by atomic mass is 9.45. The fraction of sp³-hybridized carbons (Fsp3) is 0.952. The molecule has 1 spiro atoms. The Labute approximate surface area is 150 Å². The topological polar surface area (TPSA) is 49.8 Å². The molecule has 2 bridgehead atoms. The summed E-state index contributed by atoms with van der Waals surface area (Å²) >= 11 is 0. The molecule has 25 heavy (non-hydrogen) atoms. The number of esters is 1. The van der Waals surface area contributed by atoms with Crippen LogP contribution in [0.3, 0.4) is 0 Å². The number of hydrogen-bond acceptors (Lipinski definition) is 4. The molecule has 4 nitrogen and oxygen atoms in total. The van der Waals surface area contributed by atoms with Gasteiger partial charge in [-0.2, -0.15) is 0 Å². The first-order valence-corrected chi connectivity index (χ1v) is 10.7. The summed E-state index contributed by atoms with van der Waals surface area (Å²) in [4.78, 5) is 14.2. The number of carbonyl (C=O) groups excluding carboxylic acids is 1. The number of piperidine rings is 1. The second-order valence-electron chi connectivity index (χ2n) is 10.3. The van der Waals surface area contributed by atoms with Crippen LogP contribution in [0.4, 0.5) is 0 Å². The standard InChI is InChI=1S/C21H31NO3/c1-20-6-4-14-13(15(20)10-17-16(20)11-18(23)25-17)3-2-12-5-8-22-9-7-21(12,14)19(22)24/h12-17,19,24H,2-11H2,1H3. The SMILES string of the molecule is CC12CCC3C(CCC4CCN5CCC43C5O)C1CC1OC(=O)CC12. The number of rotatable bonds is 0. The monoisotopic (exact) mass is 345 g/mol. The van der Waals surface area contributed by atoms with Gasteiger partial charge in [-0.1, -0.05) is 6.92 Å². The Morgan fingerprint density at radius 2 is 1.96 bits per heavy atom. The van der Waals surface area contributed by atoms with Gasteiger partial charge in [0, 0.05) is 24.4 Å². The van der Waals surface area contributed by atoms with Crippen molar-refractivity contribution in [2.24, 2.45) is 40.4 Å². The first-order valence-electron chi connectivity index (χ1n) is 10.7. The highest BCUT2D eigenvalue weighted by Gasteiger charge is 2.68. The molecule has 1 N–H and O–H groups in total. The summed E-state index contributed by atoms with van der Waals surface area (Å²) in [6.45, 7) is 4.67. The zero-order valence-electron chi connectivity index (χ0n) is 15.3. The number of hydrogen-bond donors (Lipinski definition) is 1. The van der Waals surface area contributed by atoms with Crippen LogP contribution in [-0.4, -0.2) is 41.4 Å². The van der Waals surface area contributed by atoms with Crippen LogP contribution in [0, 0.1) is 40.4 Å². The van der Waals surface area contributed by atoms with Gasteiger partial charge in [0.05, 0.1) is 6.42 Å². The molecule has 10 atom stereocenters. The third-order valence-electron chi connectivity index (χ3n) is 10.0. The second kappa shape index (κ2) is 4.81. The Bertz CT molecular complexity index is 622. The number of fused-ring (bicyclic) bond motifs is 6. The summed E-state index contributed by atoms with van der Waals surface area (Å²) in [6, 6.07) is 0. The van der Waals surface area contributed by atoms with E-state index >= 15 is 0 Å². The van der Waals surface area contributed by atoms with Crippen LogP contribution >= 0.6 is 0 Å². The molecule has 4 heteroatoms. The van der Waals surface area contributed by atoms with Gasteiger partial charge in [-0.3, -0.25) is 9.69 Å². The summed E-state index contributed by atoms with van der Waals surface area (Å²) < 4.78 is 5.71. The minimum absolute atomic E-state index is 0.0354. The first-order chi connectivity index (χ1) is 12.0. The lowest BCUT2D eigenvalue weighted by molar-refractivity contribution is -0.188. The van der Waals surface area contributed by atoms with Crippen LogP contribution < -0.4 is 0 Å². The summed E-state index contributed by atoms with van der Waals surface area (Å²) in [7, 11) is 0. The van der Waals surface area contributed by atoms with Crippen molar-refractivity contribution < 1.29 is 14.6 Å². The molecule has 0 aromatic carbocycles. The number of aliphatic hydroxyl groups is 1. The van der Waals surface area contributed by atoms with Crippen molar-refractivity contribution in [3.8, 4) is 0 Å². The largest absolute Gasteiger partial charge is 0.462 e. The molecule has 138 valence electrons. The van der Waals surface area contributed by atoms with Crippen LogP contribution in [-0.2, 0) is 9.53 Å². The first kappa shape index (κ1) is 15.4. The average molecular weight is 345 g/mol. The van der Waals surface area contributed by atoms with Gasteiger partial charge in [-0.05, 0) is 74.0 Å². The fourth-order valence-corrected chi connectivity index (χ4v) is 8.99. The highest BCUT2D eigenvalue weighted by molar-refractivity contribution is 5.72. The van der Waals surface area contributed by atoms with Crippen molar-refractivity contribution >= 4 is 5.97 Å². The maximum Gasteiger partial charge on any atom is 0.306 e. The van der Waals surface area contributed by atoms with Gasteiger partial charge in [0.15, 0.2) is 0 Å². The molecule has 3 aliphatic carbocycles. The van der Waals surface area contributed by atoms with E-state index in [4.69, 9.17) is 4.74 Å². The van der Waals surface area contributed by atoms with Crippen LogP contribution in [0.5, 0.6) is 0 Å². The molecular formula is C21H31NO3. The zero-order chi connectivity index (χ0) is 17.0. The van der Waals surface area contributed by atoms with E-state index in [0.717, 1.165) is 31.3 Å². The van der Waals surface area contributed by atoms with E-state index in [1.54, 1.807) is 0 Å². The molecule has 6 fully saturated rings. The molecular weight excluding hydrogens is 314 g/mol. The molecule has 10 unspecified atom stereocenters. The minimum Gasteiger partial charge on any atom is -0.462 e. The molecule has 6 aliphatic rings. The van der Waals surface area contributed by atoms with E-state index < -0.39 is 0 Å². The average Bonchev–Trinajstić information content (AvgIpc) is 3.14. The minimum atomic E-state index is -0.192. The molecule has 0 aromatic rings. The quantitative estimate of drug-likeness (QED) is 0.686. The maximum atomic E-state index is 11.8. The highest BCUT2D eigenvalue weighted by atomic mass is 16.6. The number of carbonyl (C=O) groups is 1. The van der Waals surface area contributed by atoms with Crippen LogP contribution in [0.25, 0.3) is 0 Å². The third-order valence-corrected chi connectivity index (χ3v) is 10.0. The summed E-state index contributed by atoms with van der Waals surface area (Å²) in [5.74, 6) is 3.37. The summed E-state index contributed by atoms with van der Waals surface area (Å²) in [6.07, 6.45) is 9.40. The normalized spacial score (nSPS) is 61.9. The van der Waals surface area contributed by atoms with E-state index in [1.165, 1.54) is 38.5 Å². The molecule has 3 saturated heterocycles. The molecule has 0 aromatic heterocycles. The molecule has 3 heterocycles. The van der Waals surface area contributed by atoms with E-state index in [0.29, 0.717) is 29.6 Å². The third kappa shape index (κ3) is 1.70. The van der Waals surface area contributed by atoms with Crippen molar-refractivity contribution in [1.82, 2.24) is 4.90 Å². The summed E-state index contributed by atoms with van der Waals surface area (Å²) in [5.41, 5.74) is 0.469. The Morgan fingerprint density at radius 1 is 1.08 bits per heavy atom. The Morgan fingerprint density at radius 3 is 2.84 bits per heavy atom. The van der Waals surface area contributed by atoms with Crippen molar-refractivity contribution in [2.75, 3.05) is 13.1 Å². The Hall–Kier alpha value is -0.610. The maximum absolute atomic E-state index is 11.8. The van der Waals surface area contributed by atoms with Crippen molar-refractivity contribution in [1.29, 1.82) is 0 Å². The number of ether oxygens (including phenoxy) is 1. The van der Waals surface area contributed by atoms with Gasteiger partial charge in [0.2, 0.25) is 0 Å². The highest BCUT2D eigenvalue weighted by Crippen LogP contribution is 2.70. The molecule has 0 radical (unpaired) electrons. The van der Waals surface area contributed by atoms with E-state index in [1.807, 2.05) is 0 Å². The van der Waals surface area contributed by atoms with Gasteiger partial charge in [0.1, 0.15) is 12.3 Å². The lowest BCUT2D eigenvalue weighted by Gasteiger charge is -2.61. The Balaban J connectivity index is 1.37. The Kier molecular flexibility index (Phi) is 2.97. The van der Waals surface area contributed by atoms with E-state index in [-0.39, 0.29) is 23.7 Å². The van der Waals surface area contributed by atoms with E-state index in [2.05, 4.69) is 11.8 Å². The predicted octanol–water partition coefficient (Wildman–Crippen LogP) is 2.79. The van der Waals surface area contributed by atoms with Gasteiger partial charge in [-0.15, -0.1) is 0 Å². The molecule has 3 aliphatic heterocycles. The van der Waals surface area contributed by atoms with Gasteiger partial charge >= 0.3 is 5.97 Å². The summed E-state index contributed by atoms with van der Waals surface area (Å²) in [5, 5.41) is 11.2. The van der Waals surface area contributed by atoms with Crippen LogP contribution in [0.1, 0.15) is 58.3 Å². The van der Waals surface area contributed by atoms with Crippen molar-refractivity contribution in [3.05, 3.63) is 0 Å². The van der Waals surface area contributed by atoms with Gasteiger partial charge in [-0.25, -0.2) is 0 Å². The fourth-order valence-electron chi connectivity index (χ4n) is 8.99. The zero-order valence-corrected chi connectivity index (χ0v) is 15.3. The van der Waals surface area contributed by atoms with Gasteiger partial charge in [0.25, 0.3) is 0 Å². The lowest BCUT2D eigenvalue weighted by Crippen LogP contribution is -2.60. The van der Waals surface area contributed by atoms with Gasteiger partial charge < -0.3 is 9.84 Å². The number of nitrogens with zero attached hydrogens (tertiary/aromatic N) is 1. The van der Waals surface area contributed by atoms with E-state index in [9.17, 15) is 9.90 Å². The molecule has 6 rings (SSSR count). The van der Waals surface area contributed by atoms with Crippen LogP contribution in [0.15, 0.2) is 0 Å².